The molecule has 2 N–H and O–H groups in total. The molecule has 0 aromatic heterocycles. The van der Waals surface area contributed by atoms with Crippen LogP contribution < -0.4 is 5.73 Å². The van der Waals surface area contributed by atoms with Crippen LogP contribution in [0.3, 0.4) is 0 Å². The molecule has 1 saturated carbocycles. The summed E-state index contributed by atoms with van der Waals surface area (Å²) in [6, 6.07) is 1.69. The predicted molar refractivity (Wildman–Crippen MR) is 82.3 cm³/mol. The van der Waals surface area contributed by atoms with Crippen LogP contribution in [0.15, 0.2) is 0 Å². The first-order valence-corrected chi connectivity index (χ1v) is 8.31. The minimum atomic E-state index is 0.402. The van der Waals surface area contributed by atoms with Crippen LogP contribution in [-0.2, 0) is 0 Å². The van der Waals surface area contributed by atoms with Crippen LogP contribution in [0.2, 0.25) is 0 Å². The third kappa shape index (κ3) is 3.93. The lowest BCUT2D eigenvalue weighted by Crippen LogP contribution is -2.55. The molecule has 2 fully saturated rings. The van der Waals surface area contributed by atoms with E-state index >= 15 is 0 Å². The molecule has 1 heterocycles. The average molecular weight is 267 g/mol. The normalized spacial score (nSPS) is 39.2. The lowest BCUT2D eigenvalue weighted by molar-refractivity contribution is 0.0769. The lowest BCUT2D eigenvalue weighted by atomic mass is 9.79. The Morgan fingerprint density at radius 1 is 1.21 bits per heavy atom. The Kier molecular flexibility index (Phi) is 5.67. The Bertz CT molecular complexity index is 269. The summed E-state index contributed by atoms with van der Waals surface area (Å²) < 4.78 is 0. The van der Waals surface area contributed by atoms with E-state index in [2.05, 4.69) is 30.7 Å². The van der Waals surface area contributed by atoms with Gasteiger partial charge >= 0.3 is 0 Å². The van der Waals surface area contributed by atoms with E-state index < -0.39 is 0 Å². The average Bonchev–Trinajstić information content (AvgIpc) is 2.53. The maximum absolute atomic E-state index is 6.46. The van der Waals surface area contributed by atoms with E-state index in [1.165, 1.54) is 58.2 Å². The lowest BCUT2D eigenvalue weighted by Gasteiger charge is -2.43. The highest BCUT2D eigenvalue weighted by Gasteiger charge is 2.34. The summed E-state index contributed by atoms with van der Waals surface area (Å²) in [5, 5.41) is 0. The fourth-order valence-electron chi connectivity index (χ4n) is 4.19. The molecule has 1 aliphatic heterocycles. The third-order valence-corrected chi connectivity index (χ3v) is 5.20. The standard InChI is InChI=1S/C16H33N3/c1-4-6-14-7-8-15(17)16(11-14)19-10-5-9-18(3)12-13(19)2/h13-16H,4-12,17H2,1-3H3. The van der Waals surface area contributed by atoms with Gasteiger partial charge in [0.1, 0.15) is 0 Å². The monoisotopic (exact) mass is 267 g/mol. The molecular weight excluding hydrogens is 234 g/mol. The second-order valence-electron chi connectivity index (χ2n) is 6.90. The first-order chi connectivity index (χ1) is 9.11. The van der Waals surface area contributed by atoms with Crippen LogP contribution in [0.5, 0.6) is 0 Å². The van der Waals surface area contributed by atoms with E-state index in [-0.39, 0.29) is 0 Å². The second-order valence-corrected chi connectivity index (χ2v) is 6.90. The number of hydrogen-bond donors (Lipinski definition) is 1. The third-order valence-electron chi connectivity index (χ3n) is 5.20. The van der Waals surface area contributed by atoms with Gasteiger partial charge in [-0.15, -0.1) is 0 Å². The molecule has 0 spiro atoms. The molecule has 3 nitrogen and oxygen atoms in total. The Morgan fingerprint density at radius 3 is 2.74 bits per heavy atom. The van der Waals surface area contributed by atoms with Gasteiger partial charge in [0.05, 0.1) is 0 Å². The van der Waals surface area contributed by atoms with Crippen molar-refractivity contribution < 1.29 is 0 Å². The van der Waals surface area contributed by atoms with E-state index in [0.717, 1.165) is 5.92 Å². The minimum Gasteiger partial charge on any atom is -0.326 e. The molecule has 0 radical (unpaired) electrons. The zero-order chi connectivity index (χ0) is 13.8. The van der Waals surface area contributed by atoms with Gasteiger partial charge < -0.3 is 10.6 Å². The minimum absolute atomic E-state index is 0.402. The van der Waals surface area contributed by atoms with Gasteiger partial charge in [-0.1, -0.05) is 19.8 Å². The van der Waals surface area contributed by atoms with Crippen LogP contribution in [0.4, 0.5) is 0 Å². The SMILES string of the molecule is CCCC1CCC(N)C(N2CCCN(C)CC2C)C1. The van der Waals surface area contributed by atoms with Gasteiger partial charge in [0.15, 0.2) is 0 Å². The molecule has 112 valence electrons. The highest BCUT2D eigenvalue weighted by molar-refractivity contribution is 4.92. The van der Waals surface area contributed by atoms with Gasteiger partial charge in [-0.25, -0.2) is 0 Å². The fourth-order valence-corrected chi connectivity index (χ4v) is 4.19. The molecule has 0 bridgehead atoms. The van der Waals surface area contributed by atoms with E-state index in [1.54, 1.807) is 0 Å². The molecule has 4 atom stereocenters. The van der Waals surface area contributed by atoms with Gasteiger partial charge in [0.25, 0.3) is 0 Å². The molecule has 0 aromatic carbocycles. The van der Waals surface area contributed by atoms with Crippen molar-refractivity contribution in [2.45, 2.75) is 70.5 Å². The fraction of sp³-hybridized carbons (Fsp3) is 1.00. The van der Waals surface area contributed by atoms with E-state index in [9.17, 15) is 0 Å². The summed E-state index contributed by atoms with van der Waals surface area (Å²) in [5.74, 6) is 0.919. The second kappa shape index (κ2) is 7.05. The van der Waals surface area contributed by atoms with E-state index in [0.29, 0.717) is 18.1 Å². The quantitative estimate of drug-likeness (QED) is 0.852. The van der Waals surface area contributed by atoms with Crippen molar-refractivity contribution in [3.05, 3.63) is 0 Å². The Hall–Kier alpha value is -0.120. The van der Waals surface area contributed by atoms with Crippen LogP contribution in [-0.4, -0.2) is 54.6 Å². The molecular formula is C16H33N3. The number of rotatable bonds is 3. The summed E-state index contributed by atoms with van der Waals surface area (Å²) >= 11 is 0. The van der Waals surface area contributed by atoms with Gasteiger partial charge in [0.2, 0.25) is 0 Å². The largest absolute Gasteiger partial charge is 0.326 e. The first-order valence-electron chi connectivity index (χ1n) is 8.31. The summed E-state index contributed by atoms with van der Waals surface area (Å²) in [5.41, 5.74) is 6.46. The Labute approximate surface area is 119 Å². The van der Waals surface area contributed by atoms with Crippen molar-refractivity contribution in [3.63, 3.8) is 0 Å². The first kappa shape index (κ1) is 15.3. The zero-order valence-corrected chi connectivity index (χ0v) is 13.1. The zero-order valence-electron chi connectivity index (χ0n) is 13.1. The predicted octanol–water partition coefficient (Wildman–Crippen LogP) is 2.31. The van der Waals surface area contributed by atoms with E-state index in [4.69, 9.17) is 5.73 Å². The van der Waals surface area contributed by atoms with Crippen molar-refractivity contribution in [2.75, 3.05) is 26.7 Å². The Morgan fingerprint density at radius 2 is 2.00 bits per heavy atom. The molecule has 19 heavy (non-hydrogen) atoms. The van der Waals surface area contributed by atoms with Crippen LogP contribution in [0.25, 0.3) is 0 Å². The molecule has 1 saturated heterocycles. The molecule has 0 aromatic rings. The molecule has 0 amide bonds. The van der Waals surface area contributed by atoms with E-state index in [1.807, 2.05) is 0 Å². The maximum atomic E-state index is 6.46. The van der Waals surface area contributed by atoms with Crippen molar-refractivity contribution in [3.8, 4) is 0 Å². The topological polar surface area (TPSA) is 32.5 Å². The number of likely N-dealkylation sites (N-methyl/N-ethyl adjacent to an activating group) is 1. The van der Waals surface area contributed by atoms with Gasteiger partial charge in [-0.3, -0.25) is 4.90 Å². The van der Waals surface area contributed by atoms with Crippen LogP contribution in [0.1, 0.15) is 52.4 Å². The highest BCUT2D eigenvalue weighted by Crippen LogP contribution is 2.31. The summed E-state index contributed by atoms with van der Waals surface area (Å²) in [4.78, 5) is 5.21. The molecule has 3 heteroatoms. The smallest absolute Gasteiger partial charge is 0.0253 e. The molecule has 1 aliphatic carbocycles. The summed E-state index contributed by atoms with van der Waals surface area (Å²) in [7, 11) is 2.25. The van der Waals surface area contributed by atoms with Crippen molar-refractivity contribution >= 4 is 0 Å². The van der Waals surface area contributed by atoms with Crippen molar-refractivity contribution in [2.24, 2.45) is 11.7 Å². The Balaban J connectivity index is 2.00. The maximum Gasteiger partial charge on any atom is 0.0253 e. The van der Waals surface area contributed by atoms with Crippen molar-refractivity contribution in [1.82, 2.24) is 9.80 Å². The summed E-state index contributed by atoms with van der Waals surface area (Å²) in [6.07, 6.45) is 7.93. The van der Waals surface area contributed by atoms with Gasteiger partial charge in [0, 0.05) is 31.2 Å². The molecule has 2 rings (SSSR count). The molecule has 2 aliphatic rings. The number of nitrogens with two attached hydrogens (primary N) is 1. The van der Waals surface area contributed by atoms with Crippen molar-refractivity contribution in [1.29, 1.82) is 0 Å². The van der Waals surface area contributed by atoms with Gasteiger partial charge in [-0.05, 0) is 52.1 Å². The van der Waals surface area contributed by atoms with Crippen LogP contribution >= 0.6 is 0 Å². The summed E-state index contributed by atoms with van der Waals surface area (Å²) in [6.45, 7) is 8.37. The molecule has 4 unspecified atom stereocenters. The number of hydrogen-bond acceptors (Lipinski definition) is 3. The highest BCUT2D eigenvalue weighted by atomic mass is 15.3. The van der Waals surface area contributed by atoms with Gasteiger partial charge in [-0.2, -0.15) is 0 Å². The number of nitrogens with zero attached hydrogens (tertiary/aromatic N) is 2. The van der Waals surface area contributed by atoms with Crippen LogP contribution in [0, 0.1) is 5.92 Å².